The summed E-state index contributed by atoms with van der Waals surface area (Å²) in [7, 11) is 1.97. The minimum Gasteiger partial charge on any atom is -0.350 e. The van der Waals surface area contributed by atoms with Crippen molar-refractivity contribution in [3.05, 3.63) is 36.0 Å². The third-order valence-electron chi connectivity index (χ3n) is 3.18. The molecule has 0 aliphatic carbocycles. The van der Waals surface area contributed by atoms with Crippen LogP contribution in [0.3, 0.4) is 0 Å². The Hall–Kier alpha value is -1.77. The number of carbonyl (C=O) groups is 1. The van der Waals surface area contributed by atoms with Crippen LogP contribution in [0.15, 0.2) is 30.5 Å². The molecule has 0 radical (unpaired) electrons. The Kier molecular flexibility index (Phi) is 3.18. The molecule has 0 fully saturated rings. The van der Waals surface area contributed by atoms with Crippen molar-refractivity contribution in [3.63, 3.8) is 0 Å². The quantitative estimate of drug-likeness (QED) is 0.795. The molecule has 0 N–H and O–H groups in total. The van der Waals surface area contributed by atoms with Gasteiger partial charge in [0.2, 0.25) is 0 Å². The van der Waals surface area contributed by atoms with E-state index in [0.717, 1.165) is 29.6 Å². The predicted molar refractivity (Wildman–Crippen MR) is 70.2 cm³/mol. The highest BCUT2D eigenvalue weighted by Crippen LogP contribution is 2.21. The fourth-order valence-electron chi connectivity index (χ4n) is 2.19. The molecule has 1 aromatic heterocycles. The first-order valence-corrected chi connectivity index (χ1v) is 6.02. The monoisotopic (exact) mass is 230 g/mol. The molecule has 1 amide bonds. The van der Waals surface area contributed by atoms with Gasteiger partial charge in [0.1, 0.15) is 0 Å². The van der Waals surface area contributed by atoms with Crippen molar-refractivity contribution in [3.8, 4) is 0 Å². The molecule has 0 aliphatic rings. The van der Waals surface area contributed by atoms with Gasteiger partial charge in [-0.05, 0) is 19.9 Å². The second-order valence-corrected chi connectivity index (χ2v) is 4.15. The van der Waals surface area contributed by atoms with Crippen molar-refractivity contribution in [2.75, 3.05) is 13.1 Å². The van der Waals surface area contributed by atoms with Crippen molar-refractivity contribution in [2.45, 2.75) is 13.8 Å². The number of benzene rings is 1. The third-order valence-corrected chi connectivity index (χ3v) is 3.18. The largest absolute Gasteiger partial charge is 0.350 e. The predicted octanol–water partition coefficient (Wildman–Crippen LogP) is 2.66. The summed E-state index contributed by atoms with van der Waals surface area (Å²) in [4.78, 5) is 14.2. The first kappa shape index (κ1) is 11.7. The van der Waals surface area contributed by atoms with Crippen molar-refractivity contribution in [1.29, 1.82) is 0 Å². The van der Waals surface area contributed by atoms with E-state index in [-0.39, 0.29) is 5.91 Å². The van der Waals surface area contributed by atoms with Gasteiger partial charge in [-0.1, -0.05) is 18.2 Å². The normalized spacial score (nSPS) is 10.8. The Morgan fingerprint density at radius 2 is 1.88 bits per heavy atom. The zero-order valence-electron chi connectivity index (χ0n) is 10.6. The smallest absolute Gasteiger partial charge is 0.256 e. The molecule has 0 atom stereocenters. The third kappa shape index (κ3) is 1.93. The zero-order chi connectivity index (χ0) is 12.4. The number of aryl methyl sites for hydroxylation is 1. The molecule has 0 spiro atoms. The Bertz CT molecular complexity index is 538. The maximum absolute atomic E-state index is 12.3. The number of hydrogen-bond donors (Lipinski definition) is 0. The molecule has 0 unspecified atom stereocenters. The Labute approximate surface area is 102 Å². The van der Waals surface area contributed by atoms with Gasteiger partial charge in [-0.25, -0.2) is 0 Å². The van der Waals surface area contributed by atoms with Crippen LogP contribution in [0.5, 0.6) is 0 Å². The van der Waals surface area contributed by atoms with Crippen LogP contribution >= 0.6 is 0 Å². The first-order chi connectivity index (χ1) is 8.19. The fraction of sp³-hybridized carbons (Fsp3) is 0.357. The second kappa shape index (κ2) is 4.62. The van der Waals surface area contributed by atoms with Crippen LogP contribution in [0.1, 0.15) is 24.2 Å². The number of carbonyl (C=O) groups excluding carboxylic acids is 1. The highest BCUT2D eigenvalue weighted by atomic mass is 16.2. The lowest BCUT2D eigenvalue weighted by Gasteiger charge is -2.17. The fourth-order valence-corrected chi connectivity index (χ4v) is 2.19. The molecule has 2 rings (SSSR count). The number of hydrogen-bond acceptors (Lipinski definition) is 1. The molecule has 1 heterocycles. The molecular weight excluding hydrogens is 212 g/mol. The van der Waals surface area contributed by atoms with Gasteiger partial charge < -0.3 is 9.47 Å². The molecule has 1 aromatic carbocycles. The van der Waals surface area contributed by atoms with E-state index in [1.165, 1.54) is 0 Å². The molecule has 0 saturated heterocycles. The van der Waals surface area contributed by atoms with Crippen LogP contribution in [-0.4, -0.2) is 28.5 Å². The molecule has 3 heteroatoms. The summed E-state index contributed by atoms with van der Waals surface area (Å²) < 4.78 is 2.01. The van der Waals surface area contributed by atoms with Gasteiger partial charge in [0.15, 0.2) is 0 Å². The number of amides is 1. The SMILES string of the molecule is CCN(CC)C(=O)c1cn(C)c2ccccc12. The molecule has 2 aromatic rings. The summed E-state index contributed by atoms with van der Waals surface area (Å²) in [6.45, 7) is 5.51. The van der Waals surface area contributed by atoms with Gasteiger partial charge in [0.25, 0.3) is 5.91 Å². The van der Waals surface area contributed by atoms with Gasteiger partial charge in [0, 0.05) is 37.2 Å². The van der Waals surface area contributed by atoms with Crippen LogP contribution in [-0.2, 0) is 7.05 Å². The summed E-state index contributed by atoms with van der Waals surface area (Å²) in [5.41, 5.74) is 1.90. The van der Waals surface area contributed by atoms with E-state index in [1.807, 2.05) is 60.8 Å². The number of aromatic nitrogens is 1. The summed E-state index contributed by atoms with van der Waals surface area (Å²) in [5.74, 6) is 0.117. The standard InChI is InChI=1S/C14H18N2O/c1-4-16(5-2)14(17)12-10-15(3)13-9-7-6-8-11(12)13/h6-10H,4-5H2,1-3H3. The van der Waals surface area contributed by atoms with E-state index in [4.69, 9.17) is 0 Å². The first-order valence-electron chi connectivity index (χ1n) is 6.02. The van der Waals surface area contributed by atoms with Crippen LogP contribution in [0.4, 0.5) is 0 Å². The van der Waals surface area contributed by atoms with Crippen LogP contribution in [0.2, 0.25) is 0 Å². The van der Waals surface area contributed by atoms with Gasteiger partial charge in [-0.2, -0.15) is 0 Å². The lowest BCUT2D eigenvalue weighted by molar-refractivity contribution is 0.0775. The van der Waals surface area contributed by atoms with E-state index in [9.17, 15) is 4.79 Å². The number of fused-ring (bicyclic) bond motifs is 1. The van der Waals surface area contributed by atoms with E-state index in [0.29, 0.717) is 0 Å². The molecular formula is C14H18N2O. The summed E-state index contributed by atoms with van der Waals surface area (Å²) in [6.07, 6.45) is 1.92. The molecule has 3 nitrogen and oxygen atoms in total. The average molecular weight is 230 g/mol. The van der Waals surface area contributed by atoms with Crippen LogP contribution in [0.25, 0.3) is 10.9 Å². The van der Waals surface area contributed by atoms with Crippen molar-refractivity contribution < 1.29 is 4.79 Å². The maximum atomic E-state index is 12.3. The zero-order valence-corrected chi connectivity index (χ0v) is 10.6. The molecule has 0 aliphatic heterocycles. The highest BCUT2D eigenvalue weighted by Gasteiger charge is 2.17. The minimum atomic E-state index is 0.117. The van der Waals surface area contributed by atoms with E-state index >= 15 is 0 Å². The van der Waals surface area contributed by atoms with Gasteiger partial charge in [-0.15, -0.1) is 0 Å². The topological polar surface area (TPSA) is 25.2 Å². The van der Waals surface area contributed by atoms with Gasteiger partial charge in [0.05, 0.1) is 5.56 Å². The lowest BCUT2D eigenvalue weighted by atomic mass is 10.1. The van der Waals surface area contributed by atoms with Gasteiger partial charge in [-0.3, -0.25) is 4.79 Å². The lowest BCUT2D eigenvalue weighted by Crippen LogP contribution is -2.30. The van der Waals surface area contributed by atoms with Crippen molar-refractivity contribution in [2.24, 2.45) is 7.05 Å². The highest BCUT2D eigenvalue weighted by molar-refractivity contribution is 6.06. The Balaban J connectivity index is 2.52. The van der Waals surface area contributed by atoms with Crippen LogP contribution < -0.4 is 0 Å². The van der Waals surface area contributed by atoms with Crippen molar-refractivity contribution in [1.82, 2.24) is 9.47 Å². The Morgan fingerprint density at radius 3 is 2.53 bits per heavy atom. The van der Waals surface area contributed by atoms with Crippen molar-refractivity contribution >= 4 is 16.8 Å². The second-order valence-electron chi connectivity index (χ2n) is 4.15. The number of nitrogens with zero attached hydrogens (tertiary/aromatic N) is 2. The molecule has 90 valence electrons. The van der Waals surface area contributed by atoms with Crippen LogP contribution in [0, 0.1) is 0 Å². The molecule has 0 saturated carbocycles. The molecule has 17 heavy (non-hydrogen) atoms. The molecule has 0 bridgehead atoms. The van der Waals surface area contributed by atoms with Gasteiger partial charge >= 0.3 is 0 Å². The number of rotatable bonds is 3. The van der Waals surface area contributed by atoms with E-state index in [1.54, 1.807) is 0 Å². The Morgan fingerprint density at radius 1 is 1.24 bits per heavy atom. The summed E-state index contributed by atoms with van der Waals surface area (Å²) in [6, 6.07) is 8.01. The average Bonchev–Trinajstić information content (AvgIpc) is 2.69. The van der Waals surface area contributed by atoms with E-state index in [2.05, 4.69) is 0 Å². The van der Waals surface area contributed by atoms with E-state index < -0.39 is 0 Å². The minimum absolute atomic E-state index is 0.117. The maximum Gasteiger partial charge on any atom is 0.256 e. The summed E-state index contributed by atoms with van der Waals surface area (Å²) >= 11 is 0. The number of para-hydroxylation sites is 1. The summed E-state index contributed by atoms with van der Waals surface area (Å²) in [5, 5.41) is 1.03.